The zero-order chi connectivity index (χ0) is 15.2. The molecule has 2 rings (SSSR count). The minimum Gasteiger partial charge on any atom is -0.489 e. The second-order valence-corrected chi connectivity index (χ2v) is 5.40. The summed E-state index contributed by atoms with van der Waals surface area (Å²) in [5.41, 5.74) is 9.11. The number of benzene rings is 2. The summed E-state index contributed by atoms with van der Waals surface area (Å²) < 4.78 is 19.3. The summed E-state index contributed by atoms with van der Waals surface area (Å²) in [6, 6.07) is 12.8. The fourth-order valence-electron chi connectivity index (χ4n) is 2.12. The standard InChI is InChI=1S/C18H22FNO/c1-3-17(20)11-15-10-16(19)8-9-18(15)21-12-14-6-4-13(2)5-7-14/h4-10,17H,3,11-12,20H2,1-2H3. The van der Waals surface area contributed by atoms with E-state index in [4.69, 9.17) is 10.5 Å². The van der Waals surface area contributed by atoms with Crippen LogP contribution in [0.1, 0.15) is 30.0 Å². The highest BCUT2D eigenvalue weighted by Gasteiger charge is 2.09. The first-order valence-corrected chi connectivity index (χ1v) is 7.31. The lowest BCUT2D eigenvalue weighted by Crippen LogP contribution is -2.21. The van der Waals surface area contributed by atoms with Crippen LogP contribution in [0.4, 0.5) is 4.39 Å². The molecule has 0 radical (unpaired) electrons. The molecular weight excluding hydrogens is 265 g/mol. The van der Waals surface area contributed by atoms with Crippen molar-refractivity contribution in [2.75, 3.05) is 0 Å². The molecule has 0 aromatic heterocycles. The van der Waals surface area contributed by atoms with Gasteiger partial charge in [0.25, 0.3) is 0 Å². The second-order valence-electron chi connectivity index (χ2n) is 5.40. The Kier molecular flexibility index (Phi) is 5.34. The topological polar surface area (TPSA) is 35.2 Å². The van der Waals surface area contributed by atoms with Gasteiger partial charge < -0.3 is 10.5 Å². The van der Waals surface area contributed by atoms with Gasteiger partial charge in [0.15, 0.2) is 0 Å². The van der Waals surface area contributed by atoms with Crippen LogP contribution < -0.4 is 10.5 Å². The Morgan fingerprint density at radius 3 is 2.52 bits per heavy atom. The van der Waals surface area contributed by atoms with Crippen molar-refractivity contribution in [3.8, 4) is 5.75 Å². The van der Waals surface area contributed by atoms with Crippen LogP contribution in [-0.4, -0.2) is 6.04 Å². The second kappa shape index (κ2) is 7.23. The summed E-state index contributed by atoms with van der Waals surface area (Å²) >= 11 is 0. The Morgan fingerprint density at radius 1 is 1.14 bits per heavy atom. The van der Waals surface area contributed by atoms with E-state index >= 15 is 0 Å². The lowest BCUT2D eigenvalue weighted by molar-refractivity contribution is 0.301. The molecule has 2 N–H and O–H groups in total. The van der Waals surface area contributed by atoms with E-state index in [2.05, 4.69) is 19.1 Å². The third kappa shape index (κ3) is 4.57. The van der Waals surface area contributed by atoms with E-state index in [0.29, 0.717) is 18.8 Å². The number of aryl methyl sites for hydroxylation is 1. The van der Waals surface area contributed by atoms with Crippen molar-refractivity contribution in [2.45, 2.75) is 39.3 Å². The van der Waals surface area contributed by atoms with Crippen LogP contribution in [0, 0.1) is 12.7 Å². The number of hydrogen-bond donors (Lipinski definition) is 1. The van der Waals surface area contributed by atoms with Crippen LogP contribution >= 0.6 is 0 Å². The quantitative estimate of drug-likeness (QED) is 0.871. The van der Waals surface area contributed by atoms with E-state index in [1.165, 1.54) is 17.7 Å². The molecule has 1 atom stereocenters. The number of rotatable bonds is 6. The Balaban J connectivity index is 2.09. The van der Waals surface area contributed by atoms with Crippen LogP contribution in [0.2, 0.25) is 0 Å². The van der Waals surface area contributed by atoms with E-state index in [1.54, 1.807) is 6.07 Å². The summed E-state index contributed by atoms with van der Waals surface area (Å²) in [7, 11) is 0. The molecule has 21 heavy (non-hydrogen) atoms. The van der Waals surface area contributed by atoms with Gasteiger partial charge in [0.1, 0.15) is 18.2 Å². The van der Waals surface area contributed by atoms with Crippen molar-refractivity contribution in [2.24, 2.45) is 5.73 Å². The number of halogens is 1. The normalized spacial score (nSPS) is 12.2. The number of ether oxygens (including phenoxy) is 1. The van der Waals surface area contributed by atoms with Crippen LogP contribution in [0.3, 0.4) is 0 Å². The Bertz CT molecular complexity index is 580. The Hall–Kier alpha value is -1.87. The average Bonchev–Trinajstić information content (AvgIpc) is 2.48. The maximum atomic E-state index is 13.4. The highest BCUT2D eigenvalue weighted by molar-refractivity contribution is 5.35. The Morgan fingerprint density at radius 2 is 1.86 bits per heavy atom. The predicted octanol–water partition coefficient (Wildman–Crippen LogP) is 3.99. The Labute approximate surface area is 125 Å². The van der Waals surface area contributed by atoms with Gasteiger partial charge in [-0.25, -0.2) is 4.39 Å². The van der Waals surface area contributed by atoms with Crippen molar-refractivity contribution < 1.29 is 9.13 Å². The lowest BCUT2D eigenvalue weighted by atomic mass is 10.0. The van der Waals surface area contributed by atoms with Gasteiger partial charge in [-0.05, 0) is 49.1 Å². The first-order chi connectivity index (χ1) is 10.1. The SMILES string of the molecule is CCC(N)Cc1cc(F)ccc1OCc1ccc(C)cc1. The maximum Gasteiger partial charge on any atom is 0.123 e. The van der Waals surface area contributed by atoms with Gasteiger partial charge in [-0.3, -0.25) is 0 Å². The molecule has 0 heterocycles. The molecule has 0 aliphatic heterocycles. The number of hydrogen-bond acceptors (Lipinski definition) is 2. The first-order valence-electron chi connectivity index (χ1n) is 7.31. The average molecular weight is 287 g/mol. The van der Waals surface area contributed by atoms with Gasteiger partial charge in [-0.15, -0.1) is 0 Å². The molecule has 2 aromatic rings. The maximum absolute atomic E-state index is 13.4. The summed E-state index contributed by atoms with van der Waals surface area (Å²) in [5, 5.41) is 0. The van der Waals surface area contributed by atoms with Gasteiger partial charge in [0, 0.05) is 6.04 Å². The van der Waals surface area contributed by atoms with Crippen LogP contribution in [0.15, 0.2) is 42.5 Å². The largest absolute Gasteiger partial charge is 0.489 e. The molecule has 0 saturated heterocycles. The molecule has 0 spiro atoms. The van der Waals surface area contributed by atoms with Crippen LogP contribution in [0.5, 0.6) is 5.75 Å². The summed E-state index contributed by atoms with van der Waals surface area (Å²) in [6.45, 7) is 4.55. The molecule has 0 bridgehead atoms. The van der Waals surface area contributed by atoms with Crippen molar-refractivity contribution in [3.05, 3.63) is 65.0 Å². The van der Waals surface area contributed by atoms with Crippen LogP contribution in [0.25, 0.3) is 0 Å². The molecule has 0 aliphatic carbocycles. The molecule has 0 saturated carbocycles. The highest BCUT2D eigenvalue weighted by Crippen LogP contribution is 2.23. The van der Waals surface area contributed by atoms with Crippen molar-refractivity contribution in [3.63, 3.8) is 0 Å². The highest BCUT2D eigenvalue weighted by atomic mass is 19.1. The minimum atomic E-state index is -0.254. The van der Waals surface area contributed by atoms with E-state index in [9.17, 15) is 4.39 Å². The minimum absolute atomic E-state index is 0.0218. The summed E-state index contributed by atoms with van der Waals surface area (Å²) in [4.78, 5) is 0. The zero-order valence-electron chi connectivity index (χ0n) is 12.6. The molecule has 3 heteroatoms. The molecule has 0 amide bonds. The van der Waals surface area contributed by atoms with E-state index in [1.807, 2.05) is 19.1 Å². The monoisotopic (exact) mass is 287 g/mol. The van der Waals surface area contributed by atoms with Gasteiger partial charge in [0.2, 0.25) is 0 Å². The van der Waals surface area contributed by atoms with Gasteiger partial charge >= 0.3 is 0 Å². The fraction of sp³-hybridized carbons (Fsp3) is 0.333. The molecule has 1 unspecified atom stereocenters. The van der Waals surface area contributed by atoms with Crippen molar-refractivity contribution in [1.82, 2.24) is 0 Å². The predicted molar refractivity (Wildman–Crippen MR) is 83.9 cm³/mol. The zero-order valence-corrected chi connectivity index (χ0v) is 12.6. The van der Waals surface area contributed by atoms with Gasteiger partial charge in [-0.1, -0.05) is 36.8 Å². The number of nitrogens with two attached hydrogens (primary N) is 1. The van der Waals surface area contributed by atoms with Crippen molar-refractivity contribution >= 4 is 0 Å². The first kappa shape index (κ1) is 15.5. The van der Waals surface area contributed by atoms with Gasteiger partial charge in [0.05, 0.1) is 0 Å². The van der Waals surface area contributed by atoms with Crippen molar-refractivity contribution in [1.29, 1.82) is 0 Å². The van der Waals surface area contributed by atoms with Crippen LogP contribution in [-0.2, 0) is 13.0 Å². The summed E-state index contributed by atoms with van der Waals surface area (Å²) in [5.74, 6) is 0.455. The fourth-order valence-corrected chi connectivity index (χ4v) is 2.12. The molecule has 0 fully saturated rings. The van der Waals surface area contributed by atoms with E-state index in [-0.39, 0.29) is 11.9 Å². The summed E-state index contributed by atoms with van der Waals surface area (Å²) in [6.07, 6.45) is 1.48. The molecular formula is C18H22FNO. The molecule has 112 valence electrons. The molecule has 2 aromatic carbocycles. The van der Waals surface area contributed by atoms with E-state index < -0.39 is 0 Å². The smallest absolute Gasteiger partial charge is 0.123 e. The third-order valence-electron chi connectivity index (χ3n) is 3.54. The molecule has 0 aliphatic rings. The van der Waals surface area contributed by atoms with E-state index in [0.717, 1.165) is 17.5 Å². The lowest BCUT2D eigenvalue weighted by Gasteiger charge is -2.14. The third-order valence-corrected chi connectivity index (χ3v) is 3.54. The van der Waals surface area contributed by atoms with Gasteiger partial charge in [-0.2, -0.15) is 0 Å². The molecule has 2 nitrogen and oxygen atoms in total.